The smallest absolute Gasteiger partial charge is 0.267 e. The molecule has 0 aliphatic carbocycles. The number of anilines is 2. The zero-order valence-electron chi connectivity index (χ0n) is 15.8. The number of benzene rings is 3. The van der Waals surface area contributed by atoms with Crippen LogP contribution in [0.1, 0.15) is 0 Å². The molecule has 6 nitrogen and oxygen atoms in total. The summed E-state index contributed by atoms with van der Waals surface area (Å²) >= 11 is 6.05. The lowest BCUT2D eigenvalue weighted by Crippen LogP contribution is -2.48. The molecular weight excluding hydrogens is 450 g/mol. The van der Waals surface area contributed by atoms with E-state index in [1.54, 1.807) is 18.2 Å². The summed E-state index contributed by atoms with van der Waals surface area (Å²) in [6, 6.07) is 15.0. The number of nitrogens with one attached hydrogen (secondary N) is 1. The molecule has 10 heteroatoms. The molecule has 1 amide bonds. The summed E-state index contributed by atoms with van der Waals surface area (Å²) in [5, 5.41) is 2.71. The number of carbonyl (C=O) groups is 1. The molecule has 0 fully saturated rings. The number of ether oxygens (including phenoxy) is 1. The molecule has 4 rings (SSSR count). The lowest BCUT2D eigenvalue weighted by molar-refractivity contribution is -0.122. The molecule has 1 aliphatic rings. The summed E-state index contributed by atoms with van der Waals surface area (Å²) in [6.45, 7) is -0.347. The lowest BCUT2D eigenvalue weighted by atomic mass is 10.2. The molecule has 0 aromatic heterocycles. The Labute approximate surface area is 182 Å². The van der Waals surface area contributed by atoms with Gasteiger partial charge in [-0.15, -0.1) is 0 Å². The number of nitrogens with zero attached hydrogens (tertiary/aromatic N) is 1. The largest absolute Gasteiger partial charge is 0.476 e. The average molecular weight is 465 g/mol. The van der Waals surface area contributed by atoms with E-state index in [0.717, 1.165) is 16.4 Å². The van der Waals surface area contributed by atoms with Gasteiger partial charge in [-0.3, -0.25) is 9.10 Å². The quantitative estimate of drug-likeness (QED) is 0.627. The van der Waals surface area contributed by atoms with Crippen molar-refractivity contribution >= 4 is 38.9 Å². The van der Waals surface area contributed by atoms with Crippen LogP contribution in [-0.4, -0.2) is 27.0 Å². The number of fused-ring (bicyclic) bond motifs is 1. The number of rotatable bonds is 4. The van der Waals surface area contributed by atoms with Crippen molar-refractivity contribution in [3.8, 4) is 5.75 Å². The third-order valence-corrected chi connectivity index (χ3v) is 6.63. The van der Waals surface area contributed by atoms with Gasteiger partial charge in [-0.1, -0.05) is 29.8 Å². The van der Waals surface area contributed by atoms with Crippen LogP contribution in [0.2, 0.25) is 5.02 Å². The number of hydrogen-bond acceptors (Lipinski definition) is 4. The second-order valence-corrected chi connectivity index (χ2v) is 8.98. The first-order chi connectivity index (χ1) is 14.8. The Hall–Kier alpha value is -3.17. The standard InChI is InChI=1S/C21H15ClF2N2O4S/c22-13-6-9-19-18(10-13)26(31(28,29)15-4-2-1-3-5-15)12-20(30-19)21(27)25-14-7-8-16(23)17(24)11-14/h1-11,20H,12H2,(H,25,27)/t20-/m1/s1. The van der Waals surface area contributed by atoms with Crippen LogP contribution < -0.4 is 14.4 Å². The van der Waals surface area contributed by atoms with Crippen LogP contribution in [0.15, 0.2) is 71.6 Å². The summed E-state index contributed by atoms with van der Waals surface area (Å²) in [6.07, 6.45) is -1.25. The maximum absolute atomic E-state index is 13.5. The van der Waals surface area contributed by atoms with Crippen molar-refractivity contribution in [3.63, 3.8) is 0 Å². The van der Waals surface area contributed by atoms with Crippen molar-refractivity contribution in [1.82, 2.24) is 0 Å². The Morgan fingerprint density at radius 3 is 2.48 bits per heavy atom. The normalized spacial score (nSPS) is 15.7. The highest BCUT2D eigenvalue weighted by Gasteiger charge is 2.37. The van der Waals surface area contributed by atoms with Crippen LogP contribution in [0.4, 0.5) is 20.2 Å². The minimum Gasteiger partial charge on any atom is -0.476 e. The molecule has 1 N–H and O–H groups in total. The Kier molecular flexibility index (Phi) is 5.55. The zero-order valence-corrected chi connectivity index (χ0v) is 17.3. The first kappa shape index (κ1) is 21.1. The van der Waals surface area contributed by atoms with Gasteiger partial charge in [0.1, 0.15) is 5.75 Å². The van der Waals surface area contributed by atoms with Gasteiger partial charge in [0.05, 0.1) is 17.1 Å². The summed E-state index contributed by atoms with van der Waals surface area (Å²) in [7, 11) is -4.04. The first-order valence-corrected chi connectivity index (χ1v) is 10.9. The molecular formula is C21H15ClF2N2O4S. The van der Waals surface area contributed by atoms with E-state index in [0.29, 0.717) is 5.02 Å². The highest BCUT2D eigenvalue weighted by molar-refractivity contribution is 7.92. The van der Waals surface area contributed by atoms with Crippen LogP contribution in [0.3, 0.4) is 0 Å². The summed E-state index contributed by atoms with van der Waals surface area (Å²) < 4.78 is 59.9. The summed E-state index contributed by atoms with van der Waals surface area (Å²) in [5.41, 5.74) is 0.195. The van der Waals surface area contributed by atoms with Gasteiger partial charge in [0.25, 0.3) is 15.9 Å². The van der Waals surface area contributed by atoms with E-state index >= 15 is 0 Å². The van der Waals surface area contributed by atoms with Crippen molar-refractivity contribution in [2.24, 2.45) is 0 Å². The van der Waals surface area contributed by atoms with E-state index in [-0.39, 0.29) is 28.6 Å². The fraction of sp³-hybridized carbons (Fsp3) is 0.0952. The van der Waals surface area contributed by atoms with E-state index in [1.807, 2.05) is 0 Å². The molecule has 0 radical (unpaired) electrons. The van der Waals surface area contributed by atoms with Gasteiger partial charge in [-0.05, 0) is 42.5 Å². The Morgan fingerprint density at radius 1 is 1.03 bits per heavy atom. The van der Waals surface area contributed by atoms with Crippen LogP contribution >= 0.6 is 11.6 Å². The Morgan fingerprint density at radius 2 is 1.77 bits per heavy atom. The lowest BCUT2D eigenvalue weighted by Gasteiger charge is -2.34. The fourth-order valence-corrected chi connectivity index (χ4v) is 4.76. The van der Waals surface area contributed by atoms with Crippen molar-refractivity contribution in [1.29, 1.82) is 0 Å². The third kappa shape index (κ3) is 4.19. The molecule has 0 spiro atoms. The fourth-order valence-electron chi connectivity index (χ4n) is 3.10. The molecule has 3 aromatic rings. The zero-order chi connectivity index (χ0) is 22.2. The topological polar surface area (TPSA) is 75.7 Å². The van der Waals surface area contributed by atoms with Gasteiger partial charge >= 0.3 is 0 Å². The monoisotopic (exact) mass is 464 g/mol. The van der Waals surface area contributed by atoms with Gasteiger partial charge in [0.15, 0.2) is 17.7 Å². The number of hydrogen-bond donors (Lipinski definition) is 1. The molecule has 1 aliphatic heterocycles. The number of amides is 1. The summed E-state index contributed by atoms with van der Waals surface area (Å²) in [4.78, 5) is 12.8. The van der Waals surface area contributed by atoms with Gasteiger partial charge in [0.2, 0.25) is 0 Å². The SMILES string of the molecule is O=C(Nc1ccc(F)c(F)c1)[C@H]1CN(S(=O)(=O)c2ccccc2)c2cc(Cl)ccc2O1. The van der Waals surface area contributed by atoms with Gasteiger partial charge < -0.3 is 10.1 Å². The van der Waals surface area contributed by atoms with E-state index in [4.69, 9.17) is 16.3 Å². The third-order valence-electron chi connectivity index (χ3n) is 4.60. The maximum atomic E-state index is 13.5. The molecule has 3 aromatic carbocycles. The number of halogens is 3. The van der Waals surface area contributed by atoms with E-state index in [2.05, 4.69) is 5.32 Å². The van der Waals surface area contributed by atoms with Crippen molar-refractivity contribution in [2.75, 3.05) is 16.2 Å². The number of carbonyl (C=O) groups excluding carboxylic acids is 1. The first-order valence-electron chi connectivity index (χ1n) is 9.05. The van der Waals surface area contributed by atoms with Crippen LogP contribution in [0.5, 0.6) is 5.75 Å². The second-order valence-electron chi connectivity index (χ2n) is 6.69. The molecule has 0 saturated heterocycles. The Bertz CT molecular complexity index is 1260. The van der Waals surface area contributed by atoms with Crippen molar-refractivity contribution in [3.05, 3.63) is 83.4 Å². The van der Waals surface area contributed by atoms with Crippen molar-refractivity contribution < 1.29 is 26.7 Å². The van der Waals surface area contributed by atoms with Crippen LogP contribution in [-0.2, 0) is 14.8 Å². The van der Waals surface area contributed by atoms with E-state index in [1.165, 1.54) is 36.4 Å². The Balaban J connectivity index is 1.68. The van der Waals surface area contributed by atoms with Crippen LogP contribution in [0.25, 0.3) is 0 Å². The molecule has 0 saturated carbocycles. The molecule has 0 unspecified atom stereocenters. The van der Waals surface area contributed by atoms with Gasteiger partial charge in [-0.25, -0.2) is 17.2 Å². The second kappa shape index (κ2) is 8.16. The molecule has 1 heterocycles. The maximum Gasteiger partial charge on any atom is 0.267 e. The van der Waals surface area contributed by atoms with E-state index < -0.39 is 33.7 Å². The minimum atomic E-state index is -4.04. The predicted octanol–water partition coefficient (Wildman–Crippen LogP) is 4.21. The number of sulfonamides is 1. The van der Waals surface area contributed by atoms with Crippen LogP contribution in [0, 0.1) is 11.6 Å². The van der Waals surface area contributed by atoms with Gasteiger partial charge in [-0.2, -0.15) is 0 Å². The summed E-state index contributed by atoms with van der Waals surface area (Å²) in [5.74, 6) is -2.77. The highest BCUT2D eigenvalue weighted by Crippen LogP contribution is 2.39. The molecule has 31 heavy (non-hydrogen) atoms. The highest BCUT2D eigenvalue weighted by atomic mass is 35.5. The van der Waals surface area contributed by atoms with E-state index in [9.17, 15) is 22.0 Å². The molecule has 160 valence electrons. The molecule has 0 bridgehead atoms. The average Bonchev–Trinajstić information content (AvgIpc) is 2.76. The molecule has 1 atom stereocenters. The van der Waals surface area contributed by atoms with Gasteiger partial charge in [0, 0.05) is 16.8 Å². The predicted molar refractivity (Wildman–Crippen MR) is 112 cm³/mol. The minimum absolute atomic E-state index is 0.00636. The van der Waals surface area contributed by atoms with Crippen molar-refractivity contribution in [2.45, 2.75) is 11.0 Å².